The van der Waals surface area contributed by atoms with Crippen molar-refractivity contribution in [1.29, 1.82) is 0 Å². The first-order valence-electron chi connectivity index (χ1n) is 7.19. The lowest BCUT2D eigenvalue weighted by atomic mass is 9.83. The Morgan fingerprint density at radius 1 is 1.00 bits per heavy atom. The minimum Gasteiger partial charge on any atom is -0.306 e. The van der Waals surface area contributed by atoms with E-state index < -0.39 is 0 Å². The number of hydrogen-bond donors (Lipinski definition) is 0. The van der Waals surface area contributed by atoms with Gasteiger partial charge in [-0.25, -0.2) is 4.39 Å². The van der Waals surface area contributed by atoms with Crippen LogP contribution in [0.3, 0.4) is 0 Å². The number of fused-ring (bicyclic) bond motifs is 1. The number of likely N-dealkylation sites (N-methyl/N-ethyl adjacent to an activating group) is 1. The lowest BCUT2D eigenvalue weighted by Gasteiger charge is -2.31. The maximum Gasteiger partial charge on any atom is 0.131 e. The van der Waals surface area contributed by atoms with Gasteiger partial charge in [0.1, 0.15) is 5.82 Å². The van der Waals surface area contributed by atoms with Crippen molar-refractivity contribution in [1.82, 2.24) is 4.90 Å². The van der Waals surface area contributed by atoms with Gasteiger partial charge in [0, 0.05) is 11.6 Å². The Morgan fingerprint density at radius 2 is 1.75 bits per heavy atom. The molecule has 0 heterocycles. The first-order valence-corrected chi connectivity index (χ1v) is 7.19. The minimum absolute atomic E-state index is 0.129. The Hall–Kier alpha value is -1.67. The van der Waals surface area contributed by atoms with E-state index in [2.05, 4.69) is 31.1 Å². The van der Waals surface area contributed by atoms with Gasteiger partial charge >= 0.3 is 0 Å². The van der Waals surface area contributed by atoms with Crippen molar-refractivity contribution in [2.75, 3.05) is 14.1 Å². The molecule has 0 bridgehead atoms. The first kappa shape index (κ1) is 13.3. The third-order valence-electron chi connectivity index (χ3n) is 4.35. The zero-order chi connectivity index (χ0) is 14.1. The van der Waals surface area contributed by atoms with E-state index in [0.717, 1.165) is 30.4 Å². The summed E-state index contributed by atoms with van der Waals surface area (Å²) in [7, 11) is 4.27. The summed E-state index contributed by atoms with van der Waals surface area (Å²) in [4.78, 5) is 2.29. The average Bonchev–Trinajstić information content (AvgIpc) is 2.46. The fourth-order valence-electron chi connectivity index (χ4n) is 3.16. The van der Waals surface area contributed by atoms with Gasteiger partial charge in [-0.15, -0.1) is 0 Å². The van der Waals surface area contributed by atoms with E-state index >= 15 is 0 Å². The molecule has 1 aliphatic rings. The molecule has 2 aromatic carbocycles. The van der Waals surface area contributed by atoms with Crippen LogP contribution in [0.25, 0.3) is 11.1 Å². The van der Waals surface area contributed by atoms with Crippen LogP contribution >= 0.6 is 0 Å². The molecule has 104 valence electrons. The van der Waals surface area contributed by atoms with Crippen molar-refractivity contribution in [3.8, 4) is 11.1 Å². The molecule has 2 aromatic rings. The van der Waals surface area contributed by atoms with Gasteiger partial charge in [0.2, 0.25) is 0 Å². The molecule has 2 heteroatoms. The SMILES string of the molecule is CN(C)[C@H]1CCc2c(cccc2-c2ccccc2F)C1. The Balaban J connectivity index is 2.04. The van der Waals surface area contributed by atoms with Crippen LogP contribution in [-0.4, -0.2) is 25.0 Å². The summed E-state index contributed by atoms with van der Waals surface area (Å²) >= 11 is 0. The van der Waals surface area contributed by atoms with Gasteiger partial charge in [-0.2, -0.15) is 0 Å². The molecule has 0 unspecified atom stereocenters. The van der Waals surface area contributed by atoms with Crippen LogP contribution in [-0.2, 0) is 12.8 Å². The molecule has 0 amide bonds. The van der Waals surface area contributed by atoms with Crippen molar-refractivity contribution in [3.05, 3.63) is 59.4 Å². The number of halogens is 1. The van der Waals surface area contributed by atoms with E-state index in [9.17, 15) is 4.39 Å². The van der Waals surface area contributed by atoms with E-state index in [1.807, 2.05) is 18.2 Å². The highest BCUT2D eigenvalue weighted by molar-refractivity contribution is 5.69. The van der Waals surface area contributed by atoms with Crippen molar-refractivity contribution >= 4 is 0 Å². The van der Waals surface area contributed by atoms with Crippen LogP contribution in [0.15, 0.2) is 42.5 Å². The first-order chi connectivity index (χ1) is 9.66. The molecular formula is C18H20FN. The van der Waals surface area contributed by atoms with E-state index in [4.69, 9.17) is 0 Å². The van der Waals surface area contributed by atoms with E-state index in [1.54, 1.807) is 12.1 Å². The molecule has 0 aliphatic heterocycles. The zero-order valence-electron chi connectivity index (χ0n) is 12.1. The minimum atomic E-state index is -0.129. The van der Waals surface area contributed by atoms with Gasteiger partial charge in [0.25, 0.3) is 0 Å². The summed E-state index contributed by atoms with van der Waals surface area (Å²) < 4.78 is 14.0. The quantitative estimate of drug-likeness (QED) is 0.799. The molecule has 0 radical (unpaired) electrons. The van der Waals surface area contributed by atoms with E-state index in [0.29, 0.717) is 6.04 Å². The van der Waals surface area contributed by atoms with Crippen LogP contribution in [0.2, 0.25) is 0 Å². The van der Waals surface area contributed by atoms with Gasteiger partial charge in [-0.05, 0) is 56.1 Å². The van der Waals surface area contributed by atoms with Gasteiger partial charge in [-0.1, -0.05) is 36.4 Å². The maximum absolute atomic E-state index is 14.0. The predicted octanol–water partition coefficient (Wildman–Crippen LogP) is 3.91. The summed E-state index contributed by atoms with van der Waals surface area (Å²) in [6.45, 7) is 0. The molecule has 20 heavy (non-hydrogen) atoms. The lowest BCUT2D eigenvalue weighted by Crippen LogP contribution is -2.33. The van der Waals surface area contributed by atoms with Crippen LogP contribution in [0.5, 0.6) is 0 Å². The topological polar surface area (TPSA) is 3.24 Å². The normalized spacial score (nSPS) is 18.1. The lowest BCUT2D eigenvalue weighted by molar-refractivity contribution is 0.268. The molecule has 0 aromatic heterocycles. The molecule has 3 rings (SSSR count). The predicted molar refractivity (Wildman–Crippen MR) is 81.3 cm³/mol. The molecule has 1 nitrogen and oxygen atoms in total. The molecule has 1 atom stereocenters. The molecule has 0 saturated carbocycles. The summed E-state index contributed by atoms with van der Waals surface area (Å²) in [6, 6.07) is 14.0. The molecule has 0 spiro atoms. The second kappa shape index (κ2) is 5.37. The largest absolute Gasteiger partial charge is 0.306 e. The number of benzene rings is 2. The Kier molecular flexibility index (Phi) is 3.58. The van der Waals surface area contributed by atoms with Gasteiger partial charge in [0.05, 0.1) is 0 Å². The van der Waals surface area contributed by atoms with Crippen LogP contribution in [0.1, 0.15) is 17.5 Å². The van der Waals surface area contributed by atoms with Crippen LogP contribution < -0.4 is 0 Å². The monoisotopic (exact) mass is 269 g/mol. The number of rotatable bonds is 2. The van der Waals surface area contributed by atoms with E-state index in [1.165, 1.54) is 11.1 Å². The average molecular weight is 269 g/mol. The van der Waals surface area contributed by atoms with Crippen molar-refractivity contribution in [2.24, 2.45) is 0 Å². The molecule has 1 aliphatic carbocycles. The molecule has 0 saturated heterocycles. The standard InChI is InChI=1S/C18H20FN/c1-20(2)14-10-11-15-13(12-14)6-5-8-16(15)17-7-3-4-9-18(17)19/h3-9,14H,10-12H2,1-2H3/t14-/m0/s1. The fourth-order valence-corrected chi connectivity index (χ4v) is 3.16. The summed E-state index contributed by atoms with van der Waals surface area (Å²) in [5.74, 6) is -0.129. The highest BCUT2D eigenvalue weighted by atomic mass is 19.1. The van der Waals surface area contributed by atoms with Gasteiger partial charge < -0.3 is 4.90 Å². The Labute approximate surface area is 120 Å². The summed E-state index contributed by atoms with van der Waals surface area (Å²) in [5, 5.41) is 0. The highest BCUT2D eigenvalue weighted by Gasteiger charge is 2.22. The maximum atomic E-state index is 14.0. The van der Waals surface area contributed by atoms with Crippen molar-refractivity contribution < 1.29 is 4.39 Å². The van der Waals surface area contributed by atoms with Crippen molar-refractivity contribution in [3.63, 3.8) is 0 Å². The Morgan fingerprint density at radius 3 is 2.50 bits per heavy atom. The summed E-state index contributed by atoms with van der Waals surface area (Å²) in [6.07, 6.45) is 3.23. The molecular weight excluding hydrogens is 249 g/mol. The van der Waals surface area contributed by atoms with Crippen LogP contribution in [0.4, 0.5) is 4.39 Å². The summed E-state index contributed by atoms with van der Waals surface area (Å²) in [5.41, 5.74) is 4.50. The second-order valence-electron chi connectivity index (χ2n) is 5.78. The van der Waals surface area contributed by atoms with Gasteiger partial charge in [0.15, 0.2) is 0 Å². The van der Waals surface area contributed by atoms with E-state index in [-0.39, 0.29) is 5.82 Å². The van der Waals surface area contributed by atoms with Crippen molar-refractivity contribution in [2.45, 2.75) is 25.3 Å². The third kappa shape index (κ3) is 2.36. The number of nitrogens with zero attached hydrogens (tertiary/aromatic N) is 1. The third-order valence-corrected chi connectivity index (χ3v) is 4.35. The highest BCUT2D eigenvalue weighted by Crippen LogP contribution is 2.33. The second-order valence-corrected chi connectivity index (χ2v) is 5.78. The fraction of sp³-hybridized carbons (Fsp3) is 0.333. The smallest absolute Gasteiger partial charge is 0.131 e. The molecule has 0 N–H and O–H groups in total. The number of hydrogen-bond acceptors (Lipinski definition) is 1. The Bertz CT molecular complexity index is 619. The molecule has 0 fully saturated rings. The van der Waals surface area contributed by atoms with Crippen LogP contribution in [0, 0.1) is 5.82 Å². The van der Waals surface area contributed by atoms with Gasteiger partial charge in [-0.3, -0.25) is 0 Å². The zero-order valence-corrected chi connectivity index (χ0v) is 12.1.